The molecule has 0 saturated carbocycles. The first kappa shape index (κ1) is 24.5. The molecule has 0 aliphatic rings. The normalized spacial score (nSPS) is 8.60. The molecule has 0 aromatic heterocycles. The summed E-state index contributed by atoms with van der Waals surface area (Å²) >= 11 is 0. The summed E-state index contributed by atoms with van der Waals surface area (Å²) in [6.07, 6.45) is -3.17. The third-order valence-electron chi connectivity index (χ3n) is 1.82. The van der Waals surface area contributed by atoms with Crippen LogP contribution in [-0.2, 0) is 9.59 Å². The minimum Gasteiger partial charge on any atom is -0.548 e. The van der Waals surface area contributed by atoms with Gasteiger partial charge in [-0.2, -0.15) is 0 Å². The molecule has 0 aliphatic carbocycles. The molecule has 0 saturated heterocycles. The fourth-order valence-electron chi connectivity index (χ4n) is 1.04. The quantitative estimate of drug-likeness (QED) is 0.438. The van der Waals surface area contributed by atoms with E-state index >= 15 is 0 Å². The van der Waals surface area contributed by atoms with Crippen LogP contribution < -0.4 is 69.3 Å². The van der Waals surface area contributed by atoms with Gasteiger partial charge >= 0.3 is 71.3 Å². The molecule has 0 rings (SSSR count). The number of nitrogens with zero attached hydrogens (tertiary/aromatic N) is 2. The maximum atomic E-state index is 10.6. The van der Waals surface area contributed by atoms with E-state index in [1.165, 1.54) is 0 Å². The van der Waals surface area contributed by atoms with Crippen LogP contribution in [0.25, 0.3) is 0 Å². The van der Waals surface area contributed by atoms with Gasteiger partial charge in [-0.25, -0.2) is 9.59 Å². The summed E-state index contributed by atoms with van der Waals surface area (Å²) in [4.78, 5) is 42.4. The van der Waals surface area contributed by atoms with E-state index in [2.05, 4.69) is 0 Å². The van der Waals surface area contributed by atoms with Crippen molar-refractivity contribution in [1.82, 2.24) is 9.80 Å². The van der Waals surface area contributed by atoms with Crippen molar-refractivity contribution in [2.45, 2.75) is 0 Å². The monoisotopic (exact) mass is 308 g/mol. The zero-order valence-electron chi connectivity index (χ0n) is 11.1. The molecule has 0 radical (unpaired) electrons. The summed E-state index contributed by atoms with van der Waals surface area (Å²) in [5.74, 6) is -3.31. The van der Waals surface area contributed by atoms with Crippen LogP contribution in [0.2, 0.25) is 0 Å². The molecule has 0 aromatic rings. The van der Waals surface area contributed by atoms with Crippen LogP contribution in [-0.4, -0.2) is 70.3 Å². The molecule has 0 heterocycles. The minimum atomic E-state index is -1.65. The maximum absolute atomic E-state index is 10.6. The van der Waals surface area contributed by atoms with Crippen molar-refractivity contribution in [1.29, 1.82) is 0 Å². The molecule has 0 unspecified atom stereocenters. The average Bonchev–Trinajstić information content (AvgIpc) is 2.20. The predicted molar refractivity (Wildman–Crippen MR) is 49.2 cm³/mol. The van der Waals surface area contributed by atoms with E-state index in [9.17, 15) is 29.4 Å². The molecule has 0 atom stereocenters. The number of amides is 2. The van der Waals surface area contributed by atoms with Gasteiger partial charge in [0.05, 0.1) is 25.0 Å². The van der Waals surface area contributed by atoms with Crippen molar-refractivity contribution in [2.75, 3.05) is 26.2 Å². The molecule has 0 fully saturated rings. The van der Waals surface area contributed by atoms with Gasteiger partial charge in [0.1, 0.15) is 0 Å². The Hall–Kier alpha value is -0.520. The Morgan fingerprint density at radius 1 is 0.750 bits per heavy atom. The number of carboxylic acids is 2. The van der Waals surface area contributed by atoms with E-state index in [1.54, 1.807) is 0 Å². The predicted octanol–water partition coefficient (Wildman–Crippen LogP) is -9.55. The molecule has 2 amide bonds. The van der Waals surface area contributed by atoms with Crippen molar-refractivity contribution in [2.24, 2.45) is 0 Å². The smallest absolute Gasteiger partial charge is 0.548 e. The molecule has 10 nitrogen and oxygen atoms in total. The van der Waals surface area contributed by atoms with E-state index in [0.717, 1.165) is 0 Å². The molecule has 0 spiro atoms. The van der Waals surface area contributed by atoms with Crippen LogP contribution in [0.1, 0.15) is 0 Å². The summed E-state index contributed by atoms with van der Waals surface area (Å²) in [6, 6.07) is 0. The number of aliphatic carboxylic acids is 2. The topological polar surface area (TPSA) is 161 Å². The number of rotatable bonds is 7. The van der Waals surface area contributed by atoms with Crippen molar-refractivity contribution in [3.05, 3.63) is 0 Å². The molecule has 0 bridgehead atoms. The van der Waals surface area contributed by atoms with Crippen LogP contribution in [0.5, 0.6) is 0 Å². The Labute approximate surface area is 157 Å². The van der Waals surface area contributed by atoms with Crippen LogP contribution in [0.4, 0.5) is 9.59 Å². The third kappa shape index (κ3) is 11.3. The summed E-state index contributed by atoms with van der Waals surface area (Å²) < 4.78 is 0. The van der Waals surface area contributed by atoms with Crippen LogP contribution in [0.15, 0.2) is 0 Å². The Kier molecular flexibility index (Phi) is 15.0. The number of hydrogen-bond acceptors (Lipinski definition) is 6. The Balaban J connectivity index is -0.00000144. The summed E-state index contributed by atoms with van der Waals surface area (Å²) in [7, 11) is 0. The molecule has 12 heteroatoms. The van der Waals surface area contributed by atoms with Crippen LogP contribution in [0.3, 0.4) is 0 Å². The van der Waals surface area contributed by atoms with Gasteiger partial charge in [0, 0.05) is 13.1 Å². The number of carbonyl (C=O) groups is 4. The van der Waals surface area contributed by atoms with E-state index < -0.39 is 50.3 Å². The van der Waals surface area contributed by atoms with Gasteiger partial charge in [-0.3, -0.25) is 0 Å². The van der Waals surface area contributed by atoms with Gasteiger partial charge in [0.25, 0.3) is 0 Å². The fraction of sp³-hybridized carbons (Fsp3) is 0.500. The van der Waals surface area contributed by atoms with Gasteiger partial charge in [-0.1, -0.05) is 0 Å². The summed E-state index contributed by atoms with van der Waals surface area (Å²) in [5, 5.41) is 37.6. The molecule has 0 aliphatic heterocycles. The first-order chi connectivity index (χ1) is 8.23. The van der Waals surface area contributed by atoms with Gasteiger partial charge in [0.15, 0.2) is 0 Å². The van der Waals surface area contributed by atoms with E-state index in [4.69, 9.17) is 10.2 Å². The maximum Gasteiger partial charge on any atom is 1.00 e. The van der Waals surface area contributed by atoms with E-state index in [-0.39, 0.29) is 59.1 Å². The molecular formula is C8H10N2Na2O8. The molecule has 2 N–H and O–H groups in total. The first-order valence-electron chi connectivity index (χ1n) is 4.59. The molecular weight excluding hydrogens is 298 g/mol. The van der Waals surface area contributed by atoms with Crippen molar-refractivity contribution in [3.8, 4) is 0 Å². The van der Waals surface area contributed by atoms with Crippen LogP contribution in [0, 0.1) is 0 Å². The average molecular weight is 308 g/mol. The van der Waals surface area contributed by atoms with Crippen molar-refractivity contribution < 1.29 is 98.7 Å². The molecule has 0 aromatic carbocycles. The van der Waals surface area contributed by atoms with Gasteiger partial charge < -0.3 is 39.8 Å². The fourth-order valence-corrected chi connectivity index (χ4v) is 1.04. The SMILES string of the molecule is O=C([O-])CN(CCN(CC(=O)[O-])C(=O)O)C(=O)O.[Na+].[Na+]. The third-order valence-corrected chi connectivity index (χ3v) is 1.82. The van der Waals surface area contributed by atoms with E-state index in [1.807, 2.05) is 0 Å². The Bertz CT molecular complexity index is 330. The molecule has 102 valence electrons. The van der Waals surface area contributed by atoms with Crippen molar-refractivity contribution in [3.63, 3.8) is 0 Å². The number of hydrogen-bond donors (Lipinski definition) is 2. The summed E-state index contributed by atoms with van der Waals surface area (Å²) in [5.41, 5.74) is 0. The second kappa shape index (κ2) is 12.2. The van der Waals surface area contributed by atoms with Gasteiger partial charge in [-0.15, -0.1) is 0 Å². The van der Waals surface area contributed by atoms with E-state index in [0.29, 0.717) is 9.80 Å². The standard InChI is InChI=1S/C8H12N2O8.2Na/c11-5(12)3-9(7(15)16)1-2-10(8(17)18)4-6(13)14;;/h1-4H2,(H,11,12)(H,13,14)(H,15,16)(H,17,18);;/q;2*+1/p-2. The number of carbonyl (C=O) groups excluding carboxylic acids is 2. The zero-order chi connectivity index (χ0) is 14.3. The summed E-state index contributed by atoms with van der Waals surface area (Å²) in [6.45, 7) is -2.87. The largest absolute Gasteiger partial charge is 1.00 e. The minimum absolute atomic E-state index is 0. The Morgan fingerprint density at radius 2 is 1.00 bits per heavy atom. The van der Waals surface area contributed by atoms with Gasteiger partial charge in [0.2, 0.25) is 0 Å². The second-order valence-electron chi connectivity index (χ2n) is 3.15. The second-order valence-corrected chi connectivity index (χ2v) is 3.15. The van der Waals surface area contributed by atoms with Crippen molar-refractivity contribution >= 4 is 24.1 Å². The molecule has 20 heavy (non-hydrogen) atoms. The van der Waals surface area contributed by atoms with Crippen LogP contribution >= 0.6 is 0 Å². The van der Waals surface area contributed by atoms with Gasteiger partial charge in [-0.05, 0) is 0 Å². The first-order valence-corrected chi connectivity index (χ1v) is 4.59. The zero-order valence-corrected chi connectivity index (χ0v) is 15.1. The number of carboxylic acid groups (broad SMARTS) is 4. The Morgan fingerprint density at radius 3 is 1.15 bits per heavy atom.